The Morgan fingerprint density at radius 3 is 1.88 bits per heavy atom. The van der Waals surface area contributed by atoms with Gasteiger partial charge in [0.2, 0.25) is 0 Å². The summed E-state index contributed by atoms with van der Waals surface area (Å²) >= 11 is 20.2. The van der Waals surface area contributed by atoms with Crippen molar-refractivity contribution in [1.82, 2.24) is 0 Å². The molecule has 0 fully saturated rings. The molecular formula is C9H4Br6O2. The van der Waals surface area contributed by atoms with Crippen molar-refractivity contribution in [3.8, 4) is 0 Å². The Morgan fingerprint density at radius 2 is 1.53 bits per heavy atom. The minimum atomic E-state index is -0.987. The highest BCUT2D eigenvalue weighted by Gasteiger charge is 2.30. The molecular weight excluding hydrogens is 620 g/mol. The second-order valence-electron chi connectivity index (χ2n) is 3.06. The van der Waals surface area contributed by atoms with Gasteiger partial charge in [-0.2, -0.15) is 0 Å². The molecule has 0 saturated carbocycles. The van der Waals surface area contributed by atoms with Gasteiger partial charge >= 0.3 is 5.97 Å². The van der Waals surface area contributed by atoms with E-state index in [4.69, 9.17) is 5.11 Å². The number of carboxylic acids is 1. The third kappa shape index (κ3) is 4.56. The molecule has 0 aliphatic heterocycles. The molecule has 1 N–H and O–H groups in total. The zero-order valence-corrected chi connectivity index (χ0v) is 17.4. The second-order valence-corrected chi connectivity index (χ2v) is 16.6. The third-order valence-corrected chi connectivity index (χ3v) is 4.54. The normalized spacial score (nSPS) is 12.6. The van der Waals surface area contributed by atoms with E-state index < -0.39 is 10.3 Å². The lowest BCUT2D eigenvalue weighted by molar-refractivity contribution is 0.0696. The van der Waals surface area contributed by atoms with Gasteiger partial charge in [-0.25, -0.2) is 4.79 Å². The Kier molecular flexibility index (Phi) is 5.78. The number of carbonyl (C=O) groups is 1. The molecule has 2 nitrogen and oxygen atoms in total. The van der Waals surface area contributed by atoms with E-state index in [2.05, 4.69) is 95.6 Å². The van der Waals surface area contributed by atoms with Gasteiger partial charge in [-0.3, -0.25) is 0 Å². The number of aromatic carboxylic acids is 1. The first-order valence-corrected chi connectivity index (χ1v) is 8.81. The van der Waals surface area contributed by atoms with Crippen LogP contribution in [0.3, 0.4) is 0 Å². The summed E-state index contributed by atoms with van der Waals surface area (Å²) in [5, 5.41) is 9.13. The van der Waals surface area contributed by atoms with Gasteiger partial charge in [-0.1, -0.05) is 102 Å². The van der Waals surface area contributed by atoms with Crippen LogP contribution < -0.4 is 0 Å². The first-order chi connectivity index (χ1) is 7.53. The van der Waals surface area contributed by atoms with E-state index in [1.54, 1.807) is 18.2 Å². The van der Waals surface area contributed by atoms with Crippen LogP contribution in [0.5, 0.6) is 0 Å². The molecule has 0 saturated heterocycles. The largest absolute Gasteiger partial charge is 0.478 e. The standard InChI is InChI=1S/C9H4Br6O2/c10-8(11,12)4-1-2-5(7(16)17)6(3-4)9(13,14)15/h1-3H,(H,16,17). The van der Waals surface area contributed by atoms with Crippen molar-refractivity contribution in [2.45, 2.75) is 4.29 Å². The van der Waals surface area contributed by atoms with Gasteiger partial charge in [0.25, 0.3) is 0 Å². The summed E-state index contributed by atoms with van der Waals surface area (Å²) in [4.78, 5) is 11.1. The van der Waals surface area contributed by atoms with Crippen LogP contribution in [0.2, 0.25) is 0 Å². The lowest BCUT2D eigenvalue weighted by Crippen LogP contribution is -2.11. The molecule has 0 atom stereocenters. The predicted octanol–water partition coefficient (Wildman–Crippen LogP) is 5.97. The lowest BCUT2D eigenvalue weighted by Gasteiger charge is -2.20. The summed E-state index contributed by atoms with van der Waals surface area (Å²) in [7, 11) is 0. The maximum atomic E-state index is 11.1. The Morgan fingerprint density at radius 1 is 1.00 bits per heavy atom. The first-order valence-electron chi connectivity index (χ1n) is 4.05. The Bertz CT molecular complexity index is 446. The SMILES string of the molecule is O=C(O)c1ccc(C(Br)(Br)Br)cc1C(Br)(Br)Br. The van der Waals surface area contributed by atoms with Gasteiger partial charge in [0.15, 0.2) is 4.29 Å². The third-order valence-electron chi connectivity index (χ3n) is 1.88. The Hall–Kier alpha value is 1.57. The van der Waals surface area contributed by atoms with Crippen LogP contribution in [0.25, 0.3) is 0 Å². The summed E-state index contributed by atoms with van der Waals surface area (Å²) in [6.45, 7) is 0. The molecule has 0 unspecified atom stereocenters. The van der Waals surface area contributed by atoms with Crippen LogP contribution in [-0.4, -0.2) is 11.1 Å². The van der Waals surface area contributed by atoms with Crippen LogP contribution in [0.1, 0.15) is 21.5 Å². The fourth-order valence-corrected chi connectivity index (χ4v) is 2.87. The van der Waals surface area contributed by atoms with Crippen LogP contribution >= 0.6 is 95.6 Å². The molecule has 0 amide bonds. The summed E-state index contributed by atoms with van der Waals surface area (Å²) < 4.78 is -1.37. The molecule has 0 radical (unpaired) electrons. The molecule has 1 rings (SSSR count). The van der Waals surface area contributed by atoms with E-state index in [-0.39, 0.29) is 5.56 Å². The fourth-order valence-electron chi connectivity index (χ4n) is 1.14. The van der Waals surface area contributed by atoms with Crippen LogP contribution in [0, 0.1) is 0 Å². The summed E-state index contributed by atoms with van der Waals surface area (Å²) in [6, 6.07) is 5.01. The van der Waals surface area contributed by atoms with Gasteiger partial charge < -0.3 is 5.11 Å². The summed E-state index contributed by atoms with van der Waals surface area (Å²) in [5.74, 6) is -0.987. The van der Waals surface area contributed by atoms with Gasteiger partial charge in [-0.05, 0) is 17.7 Å². The maximum Gasteiger partial charge on any atom is 0.336 e. The van der Waals surface area contributed by atoms with Gasteiger partial charge in [0.05, 0.1) is 5.56 Å². The average molecular weight is 624 g/mol. The van der Waals surface area contributed by atoms with Gasteiger partial charge in [0, 0.05) is 5.56 Å². The highest BCUT2D eigenvalue weighted by Crippen LogP contribution is 2.49. The van der Waals surface area contributed by atoms with E-state index in [0.29, 0.717) is 5.56 Å². The van der Waals surface area contributed by atoms with Crippen molar-refractivity contribution in [3.63, 3.8) is 0 Å². The maximum absolute atomic E-state index is 11.1. The number of rotatable bonds is 1. The second kappa shape index (κ2) is 5.91. The molecule has 0 bridgehead atoms. The predicted molar refractivity (Wildman–Crippen MR) is 90.3 cm³/mol. The number of halogens is 6. The van der Waals surface area contributed by atoms with Crippen molar-refractivity contribution in [1.29, 1.82) is 0 Å². The quantitative estimate of drug-likeness (QED) is 0.392. The number of carboxylic acid groups (broad SMARTS) is 1. The topological polar surface area (TPSA) is 37.3 Å². The van der Waals surface area contributed by atoms with Crippen LogP contribution in [-0.2, 0) is 4.29 Å². The average Bonchev–Trinajstić information content (AvgIpc) is 2.14. The zero-order valence-electron chi connectivity index (χ0n) is 7.86. The summed E-state index contributed by atoms with van der Waals surface area (Å²) in [6.07, 6.45) is 0. The van der Waals surface area contributed by atoms with Crippen molar-refractivity contribution >= 4 is 102 Å². The van der Waals surface area contributed by atoms with Crippen molar-refractivity contribution < 1.29 is 9.90 Å². The molecule has 1 aromatic rings. The van der Waals surface area contributed by atoms with Crippen molar-refractivity contribution in [3.05, 3.63) is 34.9 Å². The Labute approximate surface area is 149 Å². The fraction of sp³-hybridized carbons (Fsp3) is 0.222. The molecule has 0 aromatic heterocycles. The lowest BCUT2D eigenvalue weighted by atomic mass is 10.1. The van der Waals surface area contributed by atoms with Gasteiger partial charge in [-0.15, -0.1) is 0 Å². The number of alkyl halides is 6. The molecule has 1 aromatic carbocycles. The molecule has 0 aliphatic rings. The molecule has 0 aliphatic carbocycles. The molecule has 0 spiro atoms. The van der Waals surface area contributed by atoms with Crippen molar-refractivity contribution in [2.24, 2.45) is 0 Å². The summed E-state index contributed by atoms with van der Waals surface area (Å²) in [5.41, 5.74) is 1.60. The van der Waals surface area contributed by atoms with Crippen LogP contribution in [0.15, 0.2) is 18.2 Å². The minimum absolute atomic E-state index is 0.205. The highest BCUT2D eigenvalue weighted by atomic mass is 80.0. The number of hydrogen-bond acceptors (Lipinski definition) is 1. The molecule has 94 valence electrons. The smallest absolute Gasteiger partial charge is 0.336 e. The number of hydrogen-bond donors (Lipinski definition) is 1. The van der Waals surface area contributed by atoms with Crippen molar-refractivity contribution in [2.75, 3.05) is 0 Å². The first kappa shape index (κ1) is 16.6. The van der Waals surface area contributed by atoms with E-state index in [9.17, 15) is 4.79 Å². The van der Waals surface area contributed by atoms with E-state index in [1.165, 1.54) is 0 Å². The highest BCUT2D eigenvalue weighted by molar-refractivity contribution is 9.39. The zero-order chi connectivity index (χ0) is 13.4. The van der Waals surface area contributed by atoms with E-state index in [0.717, 1.165) is 5.56 Å². The van der Waals surface area contributed by atoms with E-state index >= 15 is 0 Å². The monoisotopic (exact) mass is 618 g/mol. The van der Waals surface area contributed by atoms with E-state index in [1.807, 2.05) is 0 Å². The van der Waals surface area contributed by atoms with Gasteiger partial charge in [0.1, 0.15) is 0 Å². The molecule has 8 heteroatoms. The Balaban J connectivity index is 3.46. The minimum Gasteiger partial charge on any atom is -0.478 e. The number of benzene rings is 1. The van der Waals surface area contributed by atoms with Crippen LogP contribution in [0.4, 0.5) is 0 Å². The molecule has 17 heavy (non-hydrogen) atoms. The molecule has 0 heterocycles.